The smallest absolute Gasteiger partial charge is 0.253 e. The number of nitrogens with two attached hydrogens (primary N) is 1. The Kier molecular flexibility index (Phi) is 3.46. The molecule has 0 spiro atoms. The van der Waals surface area contributed by atoms with Crippen LogP contribution in [0.1, 0.15) is 29.6 Å². The van der Waals surface area contributed by atoms with Gasteiger partial charge in [0.05, 0.1) is 0 Å². The van der Waals surface area contributed by atoms with Gasteiger partial charge >= 0.3 is 0 Å². The van der Waals surface area contributed by atoms with Crippen molar-refractivity contribution in [2.45, 2.75) is 25.3 Å². The van der Waals surface area contributed by atoms with Gasteiger partial charge in [-0.25, -0.2) is 8.78 Å². The van der Waals surface area contributed by atoms with E-state index < -0.39 is 11.6 Å². The van der Waals surface area contributed by atoms with Crippen molar-refractivity contribution in [1.29, 1.82) is 0 Å². The van der Waals surface area contributed by atoms with Gasteiger partial charge in [0.25, 0.3) is 5.91 Å². The number of fused-ring (bicyclic) bond motifs is 1. The van der Waals surface area contributed by atoms with Crippen LogP contribution in [0, 0.1) is 23.5 Å². The zero-order valence-electron chi connectivity index (χ0n) is 11.2. The van der Waals surface area contributed by atoms with E-state index >= 15 is 0 Å². The fourth-order valence-corrected chi connectivity index (χ4v) is 3.49. The predicted molar refractivity (Wildman–Crippen MR) is 71.1 cm³/mol. The number of amides is 1. The quantitative estimate of drug-likeness (QED) is 0.857. The van der Waals surface area contributed by atoms with Gasteiger partial charge in [-0.15, -0.1) is 0 Å². The van der Waals surface area contributed by atoms with Crippen LogP contribution in [0.4, 0.5) is 8.78 Å². The van der Waals surface area contributed by atoms with Crippen LogP contribution in [-0.4, -0.2) is 29.9 Å². The largest absolute Gasteiger partial charge is 0.338 e. The molecule has 3 atom stereocenters. The van der Waals surface area contributed by atoms with E-state index in [-0.39, 0.29) is 17.5 Å². The summed E-state index contributed by atoms with van der Waals surface area (Å²) >= 11 is 0. The molecule has 5 heteroatoms. The Bertz CT molecular complexity index is 535. The summed E-state index contributed by atoms with van der Waals surface area (Å²) in [6.07, 6.45) is 3.21. The van der Waals surface area contributed by atoms with E-state index in [1.165, 1.54) is 6.07 Å². The van der Waals surface area contributed by atoms with Crippen molar-refractivity contribution >= 4 is 5.91 Å². The number of carbonyl (C=O) groups is 1. The van der Waals surface area contributed by atoms with Gasteiger partial charge in [-0.05, 0) is 42.9 Å². The second kappa shape index (κ2) is 5.13. The SMILES string of the molecule is NC1CCCC2CN(C(=O)c3ccc(F)c(F)c3)CC12. The maximum Gasteiger partial charge on any atom is 0.253 e. The van der Waals surface area contributed by atoms with Crippen LogP contribution in [0.25, 0.3) is 0 Å². The normalized spacial score (nSPS) is 29.4. The van der Waals surface area contributed by atoms with Crippen LogP contribution >= 0.6 is 0 Å². The van der Waals surface area contributed by atoms with Crippen molar-refractivity contribution in [3.8, 4) is 0 Å². The molecule has 1 aliphatic carbocycles. The fourth-order valence-electron chi connectivity index (χ4n) is 3.49. The Morgan fingerprint density at radius 1 is 1.20 bits per heavy atom. The molecule has 1 heterocycles. The van der Waals surface area contributed by atoms with Gasteiger partial charge in [0, 0.05) is 24.7 Å². The Balaban J connectivity index is 1.76. The first-order valence-corrected chi connectivity index (χ1v) is 7.06. The number of benzene rings is 1. The number of halogens is 2. The van der Waals surface area contributed by atoms with Crippen molar-refractivity contribution in [3.63, 3.8) is 0 Å². The lowest BCUT2D eigenvalue weighted by Crippen LogP contribution is -2.38. The minimum atomic E-state index is -0.982. The summed E-state index contributed by atoms with van der Waals surface area (Å²) < 4.78 is 26.1. The predicted octanol–water partition coefficient (Wildman–Crippen LogP) is 2.16. The van der Waals surface area contributed by atoms with E-state index in [0.717, 1.165) is 31.4 Å². The van der Waals surface area contributed by atoms with Crippen LogP contribution < -0.4 is 5.73 Å². The highest BCUT2D eigenvalue weighted by Gasteiger charge is 2.40. The molecule has 3 nitrogen and oxygen atoms in total. The third kappa shape index (κ3) is 2.30. The molecule has 1 aromatic carbocycles. The van der Waals surface area contributed by atoms with E-state index in [2.05, 4.69) is 0 Å². The average Bonchev–Trinajstić information content (AvgIpc) is 2.86. The summed E-state index contributed by atoms with van der Waals surface area (Å²) in [5.41, 5.74) is 6.32. The van der Waals surface area contributed by atoms with Crippen molar-refractivity contribution < 1.29 is 13.6 Å². The topological polar surface area (TPSA) is 46.3 Å². The molecule has 3 rings (SSSR count). The van der Waals surface area contributed by atoms with Gasteiger partial charge in [0.2, 0.25) is 0 Å². The lowest BCUT2D eigenvalue weighted by Gasteiger charge is -2.29. The van der Waals surface area contributed by atoms with Gasteiger partial charge < -0.3 is 10.6 Å². The summed E-state index contributed by atoms with van der Waals surface area (Å²) in [7, 11) is 0. The first-order valence-electron chi connectivity index (χ1n) is 7.06. The molecular weight excluding hydrogens is 262 g/mol. The van der Waals surface area contributed by atoms with E-state index in [4.69, 9.17) is 5.73 Å². The number of hydrogen-bond donors (Lipinski definition) is 1. The summed E-state index contributed by atoms with van der Waals surface area (Å²) in [4.78, 5) is 14.1. The molecule has 0 radical (unpaired) electrons. The molecule has 20 heavy (non-hydrogen) atoms. The highest BCUT2D eigenvalue weighted by Crippen LogP contribution is 2.36. The van der Waals surface area contributed by atoms with Gasteiger partial charge in [0.15, 0.2) is 11.6 Å². The molecule has 1 aromatic rings. The first-order chi connectivity index (χ1) is 9.56. The average molecular weight is 280 g/mol. The Morgan fingerprint density at radius 2 is 2.00 bits per heavy atom. The van der Waals surface area contributed by atoms with Crippen LogP contribution in [0.15, 0.2) is 18.2 Å². The molecular formula is C15H18F2N2O. The van der Waals surface area contributed by atoms with E-state index in [9.17, 15) is 13.6 Å². The van der Waals surface area contributed by atoms with Crippen molar-refractivity contribution in [2.24, 2.45) is 17.6 Å². The summed E-state index contributed by atoms with van der Waals surface area (Å²) in [6.45, 7) is 1.31. The monoisotopic (exact) mass is 280 g/mol. The molecule has 0 bridgehead atoms. The van der Waals surface area contributed by atoms with Gasteiger partial charge in [-0.3, -0.25) is 4.79 Å². The fraction of sp³-hybridized carbons (Fsp3) is 0.533. The van der Waals surface area contributed by atoms with Crippen LogP contribution in [0.5, 0.6) is 0 Å². The number of likely N-dealkylation sites (tertiary alicyclic amines) is 1. The summed E-state index contributed by atoms with van der Waals surface area (Å²) in [5, 5.41) is 0. The number of hydrogen-bond acceptors (Lipinski definition) is 2. The number of carbonyl (C=O) groups excluding carboxylic acids is 1. The molecule has 1 saturated heterocycles. The highest BCUT2D eigenvalue weighted by atomic mass is 19.2. The van der Waals surface area contributed by atoms with Gasteiger partial charge in [-0.1, -0.05) is 6.42 Å². The second-order valence-corrected chi connectivity index (χ2v) is 5.86. The lowest BCUT2D eigenvalue weighted by molar-refractivity contribution is 0.0783. The van der Waals surface area contributed by atoms with Crippen LogP contribution in [0.2, 0.25) is 0 Å². The van der Waals surface area contributed by atoms with E-state index in [1.54, 1.807) is 4.90 Å². The zero-order valence-corrected chi connectivity index (χ0v) is 11.2. The van der Waals surface area contributed by atoms with Crippen molar-refractivity contribution in [2.75, 3.05) is 13.1 Å². The Morgan fingerprint density at radius 3 is 2.70 bits per heavy atom. The molecule has 3 unspecified atom stereocenters. The Hall–Kier alpha value is -1.49. The number of rotatable bonds is 1. The molecule has 1 aliphatic heterocycles. The Labute approximate surface area is 116 Å². The summed E-state index contributed by atoms with van der Waals surface area (Å²) in [6, 6.07) is 3.45. The number of nitrogens with zero attached hydrogens (tertiary/aromatic N) is 1. The molecule has 108 valence electrons. The zero-order chi connectivity index (χ0) is 14.3. The maximum atomic E-state index is 13.2. The van der Waals surface area contributed by atoms with Gasteiger partial charge in [0.1, 0.15) is 0 Å². The molecule has 1 saturated carbocycles. The van der Waals surface area contributed by atoms with Crippen LogP contribution in [0.3, 0.4) is 0 Å². The third-order valence-corrected chi connectivity index (χ3v) is 4.61. The highest BCUT2D eigenvalue weighted by molar-refractivity contribution is 5.94. The minimum absolute atomic E-state index is 0.150. The van der Waals surface area contributed by atoms with Crippen molar-refractivity contribution in [1.82, 2.24) is 4.90 Å². The molecule has 1 amide bonds. The van der Waals surface area contributed by atoms with Gasteiger partial charge in [-0.2, -0.15) is 0 Å². The minimum Gasteiger partial charge on any atom is -0.338 e. The second-order valence-electron chi connectivity index (χ2n) is 5.86. The third-order valence-electron chi connectivity index (χ3n) is 4.61. The van der Waals surface area contributed by atoms with Crippen molar-refractivity contribution in [3.05, 3.63) is 35.4 Å². The first kappa shape index (κ1) is 13.5. The van der Waals surface area contributed by atoms with E-state index in [1.807, 2.05) is 0 Å². The maximum absolute atomic E-state index is 13.2. The summed E-state index contributed by atoms with van der Waals surface area (Å²) in [5.74, 6) is -1.35. The molecule has 2 N–H and O–H groups in total. The lowest BCUT2D eigenvalue weighted by atomic mass is 9.78. The van der Waals surface area contributed by atoms with Crippen LogP contribution in [-0.2, 0) is 0 Å². The standard InChI is InChI=1S/C15H18F2N2O/c16-12-5-4-9(6-13(12)17)15(20)19-7-10-2-1-3-14(18)11(10)8-19/h4-6,10-11,14H,1-3,7-8,18H2. The molecule has 2 aliphatic rings. The van der Waals surface area contributed by atoms with E-state index in [0.29, 0.717) is 24.9 Å². The molecule has 0 aromatic heterocycles. The molecule has 2 fully saturated rings.